The molecule has 1 fully saturated rings. The van der Waals surface area contributed by atoms with Gasteiger partial charge >= 0.3 is 5.97 Å². The number of aliphatic hydroxyl groups is 1. The second-order valence-electron chi connectivity index (χ2n) is 15.7. The van der Waals surface area contributed by atoms with Crippen LogP contribution >= 0.6 is 11.3 Å². The molecule has 1 aliphatic carbocycles. The zero-order valence-electron chi connectivity index (χ0n) is 33.6. The number of nitrogens with two attached hydrogens (primary N) is 1. The van der Waals surface area contributed by atoms with Crippen molar-refractivity contribution < 1.29 is 34.1 Å². The smallest absolute Gasteiger partial charge is 0.311 e. The fourth-order valence-electron chi connectivity index (χ4n) is 7.80. The summed E-state index contributed by atoms with van der Waals surface area (Å²) in [6.07, 6.45) is 5.74. The Morgan fingerprint density at radius 1 is 1.15 bits per heavy atom. The van der Waals surface area contributed by atoms with Crippen molar-refractivity contribution in [2.24, 2.45) is 17.6 Å². The summed E-state index contributed by atoms with van der Waals surface area (Å²) < 4.78 is 5.83. The van der Waals surface area contributed by atoms with E-state index in [9.17, 15) is 29.4 Å². The maximum atomic E-state index is 14.4. The Hall–Kier alpha value is -3.59. The minimum atomic E-state index is -1.04. The zero-order valence-corrected chi connectivity index (χ0v) is 34.4. The summed E-state index contributed by atoms with van der Waals surface area (Å²) in [5.74, 6) is -1.96. The number of aliphatic carboxylic acids is 1. The maximum Gasteiger partial charge on any atom is 0.311 e. The second-order valence-corrected chi connectivity index (χ2v) is 16.6. The lowest BCUT2D eigenvalue weighted by molar-refractivity contribution is -0.142. The van der Waals surface area contributed by atoms with E-state index in [1.54, 1.807) is 11.4 Å². The number of unbranched alkanes of at least 4 members (excludes halogenated alkanes) is 1. The molecule has 0 spiro atoms. The number of hydrogen-bond donors (Lipinski definition) is 5. The number of carboxylic acids is 1. The van der Waals surface area contributed by atoms with Crippen molar-refractivity contribution >= 4 is 35.0 Å². The molecule has 2 heterocycles. The van der Waals surface area contributed by atoms with Crippen LogP contribution in [-0.4, -0.2) is 106 Å². The van der Waals surface area contributed by atoms with E-state index in [2.05, 4.69) is 20.5 Å². The molecule has 0 bridgehead atoms. The molecule has 0 saturated carbocycles. The molecule has 3 amide bonds. The van der Waals surface area contributed by atoms with Crippen molar-refractivity contribution in [3.63, 3.8) is 0 Å². The molecule has 0 radical (unpaired) electrons. The van der Waals surface area contributed by atoms with Gasteiger partial charge in [-0.2, -0.15) is 0 Å². The van der Waals surface area contributed by atoms with Gasteiger partial charge in [0, 0.05) is 30.4 Å². The first-order valence-corrected chi connectivity index (χ1v) is 21.1. The van der Waals surface area contributed by atoms with Crippen LogP contribution in [-0.2, 0) is 20.8 Å². The molecule has 6 N–H and O–H groups in total. The van der Waals surface area contributed by atoms with Gasteiger partial charge in [-0.25, -0.2) is 4.98 Å². The third-order valence-corrected chi connectivity index (χ3v) is 12.2. The summed E-state index contributed by atoms with van der Waals surface area (Å²) in [6.45, 7) is 12.5. The molecule has 1 aliphatic heterocycles. The number of ether oxygens (including phenoxy) is 1. The number of likely N-dealkylation sites (tertiary alicyclic amines) is 1. The Bertz CT molecular complexity index is 1590. The first-order chi connectivity index (χ1) is 26.3. The number of fused-ring (bicyclic) bond motifs is 1. The molecule has 1 saturated heterocycles. The van der Waals surface area contributed by atoms with Crippen LogP contribution in [0.25, 0.3) is 0 Å². The van der Waals surface area contributed by atoms with Crippen LogP contribution in [0, 0.1) is 11.8 Å². The van der Waals surface area contributed by atoms with Crippen molar-refractivity contribution in [2.45, 2.75) is 135 Å². The lowest BCUT2D eigenvalue weighted by Gasteiger charge is -2.39. The number of aliphatic hydroxyl groups excluding tert-OH is 1. The van der Waals surface area contributed by atoms with Gasteiger partial charge in [0.05, 0.1) is 18.6 Å². The number of likely N-dealkylation sites (N-methyl/N-ethyl adjacent to an activating group) is 1. The molecular weight excluding hydrogens is 721 g/mol. The van der Waals surface area contributed by atoms with Crippen molar-refractivity contribution in [3.05, 3.63) is 45.4 Å². The van der Waals surface area contributed by atoms with E-state index in [1.165, 1.54) is 11.3 Å². The highest BCUT2D eigenvalue weighted by molar-refractivity contribution is 7.09. The van der Waals surface area contributed by atoms with Crippen LogP contribution in [0.1, 0.15) is 131 Å². The normalized spacial score (nSPS) is 20.9. The number of nitrogens with zero attached hydrogens (tertiary/aromatic N) is 3. The van der Waals surface area contributed by atoms with Crippen molar-refractivity contribution in [2.75, 3.05) is 33.3 Å². The number of amides is 3. The number of thiazole rings is 1. The second kappa shape index (κ2) is 21.1. The molecule has 14 heteroatoms. The number of nitrogens with one attached hydrogen (secondary N) is 2. The van der Waals surface area contributed by atoms with Gasteiger partial charge in [0.1, 0.15) is 28.6 Å². The molecule has 55 heavy (non-hydrogen) atoms. The highest BCUT2D eigenvalue weighted by Crippen LogP contribution is 2.35. The van der Waals surface area contributed by atoms with E-state index in [0.717, 1.165) is 44.2 Å². The van der Waals surface area contributed by atoms with Gasteiger partial charge < -0.3 is 36.2 Å². The van der Waals surface area contributed by atoms with Gasteiger partial charge in [0.15, 0.2) is 0 Å². The number of rotatable bonds is 20. The third-order valence-electron chi connectivity index (χ3n) is 11.3. The van der Waals surface area contributed by atoms with Crippen LogP contribution < -0.4 is 21.1 Å². The van der Waals surface area contributed by atoms with Gasteiger partial charge in [-0.05, 0) is 100 Å². The number of carboxylic acid groups (broad SMARTS) is 1. The quantitative estimate of drug-likeness (QED) is 0.116. The molecule has 1 aromatic heterocycles. The molecular formula is C41H64N6O7S. The topological polar surface area (TPSA) is 187 Å². The number of benzene rings is 1. The van der Waals surface area contributed by atoms with E-state index in [-0.39, 0.29) is 54.3 Å². The fraction of sp³-hybridized carbons (Fsp3) is 0.683. The monoisotopic (exact) mass is 784 g/mol. The van der Waals surface area contributed by atoms with Gasteiger partial charge in [-0.15, -0.1) is 11.3 Å². The Labute approximate surface area is 330 Å². The first kappa shape index (κ1) is 44.1. The molecule has 4 rings (SSSR count). The largest absolute Gasteiger partial charge is 0.494 e. The Balaban J connectivity index is 1.44. The lowest BCUT2D eigenvalue weighted by Crippen LogP contribution is -2.58. The predicted molar refractivity (Wildman–Crippen MR) is 214 cm³/mol. The van der Waals surface area contributed by atoms with Crippen molar-refractivity contribution in [3.8, 4) is 5.75 Å². The standard InChI is InChI=1S/C41H64N6O7S/c1-7-17-47(40(51)36(26(5)8-2)45-38(50)33-13-9-11-18-46(33)6)34(25(3)4)23-35(48)39-44-32(24-55-39)37(49)43-28-20-27-14-15-29(54-19-12-10-16-42)22-30(27)31(21-28)41(52)53/h14-15,22,24-26,28,31,33-36,48H,7-13,16-21,23,42H2,1-6H3,(H,43,49)(H,45,50)(H,52,53). The Morgan fingerprint density at radius 2 is 1.91 bits per heavy atom. The third kappa shape index (κ3) is 11.7. The van der Waals surface area contributed by atoms with Crippen LogP contribution in [0.5, 0.6) is 5.75 Å². The average Bonchev–Trinajstić information content (AvgIpc) is 3.67. The van der Waals surface area contributed by atoms with E-state index in [1.807, 2.05) is 58.7 Å². The minimum Gasteiger partial charge on any atom is -0.494 e. The van der Waals surface area contributed by atoms with Crippen molar-refractivity contribution in [1.29, 1.82) is 0 Å². The van der Waals surface area contributed by atoms with E-state index in [0.29, 0.717) is 55.3 Å². The van der Waals surface area contributed by atoms with E-state index >= 15 is 0 Å². The van der Waals surface area contributed by atoms with E-state index in [4.69, 9.17) is 10.5 Å². The van der Waals surface area contributed by atoms with Crippen molar-refractivity contribution in [1.82, 2.24) is 25.4 Å². The average molecular weight is 785 g/mol. The molecule has 13 nitrogen and oxygen atoms in total. The summed E-state index contributed by atoms with van der Waals surface area (Å²) in [5, 5.41) is 29.7. The highest BCUT2D eigenvalue weighted by Gasteiger charge is 2.38. The van der Waals surface area contributed by atoms with Gasteiger partial charge in [0.2, 0.25) is 11.8 Å². The molecule has 2 aromatic rings. The summed E-state index contributed by atoms with van der Waals surface area (Å²) in [7, 11) is 1.96. The summed E-state index contributed by atoms with van der Waals surface area (Å²) >= 11 is 1.18. The van der Waals surface area contributed by atoms with Gasteiger partial charge in [-0.1, -0.05) is 53.5 Å². The Kier molecular flexibility index (Phi) is 16.9. The van der Waals surface area contributed by atoms with Gasteiger partial charge in [-0.3, -0.25) is 24.1 Å². The minimum absolute atomic E-state index is 0.0131. The number of piperidine rings is 1. The zero-order chi connectivity index (χ0) is 40.2. The summed E-state index contributed by atoms with van der Waals surface area (Å²) in [5.41, 5.74) is 7.25. The SMILES string of the molecule is CCCN(C(=O)C(NC(=O)C1CCCCN1C)C(C)CC)C(CC(O)c1nc(C(=O)NC2Cc3ccc(OCCCCN)cc3C(C(=O)O)C2)cs1)C(C)C. The number of aromatic nitrogens is 1. The molecule has 7 atom stereocenters. The summed E-state index contributed by atoms with van der Waals surface area (Å²) in [4.78, 5) is 62.1. The molecule has 306 valence electrons. The van der Waals surface area contributed by atoms with Crippen LogP contribution in [0.2, 0.25) is 0 Å². The lowest BCUT2D eigenvalue weighted by atomic mass is 9.80. The van der Waals surface area contributed by atoms with Gasteiger partial charge in [0.25, 0.3) is 5.91 Å². The predicted octanol–water partition coefficient (Wildman–Crippen LogP) is 4.88. The summed E-state index contributed by atoms with van der Waals surface area (Å²) in [6, 6.07) is 3.76. The van der Waals surface area contributed by atoms with Crippen LogP contribution in [0.4, 0.5) is 0 Å². The molecule has 2 aliphatic rings. The fourth-order valence-corrected chi connectivity index (χ4v) is 8.60. The number of carbonyl (C=O) groups is 4. The molecule has 1 aromatic carbocycles. The maximum absolute atomic E-state index is 14.4. The van der Waals surface area contributed by atoms with E-state index < -0.39 is 36.0 Å². The van der Waals surface area contributed by atoms with Crippen LogP contribution in [0.15, 0.2) is 23.6 Å². The Morgan fingerprint density at radius 3 is 2.56 bits per heavy atom. The number of carbonyl (C=O) groups excluding carboxylic acids is 3. The van der Waals surface area contributed by atoms with Crippen LogP contribution in [0.3, 0.4) is 0 Å². The first-order valence-electron chi connectivity index (χ1n) is 20.2. The number of hydrogen-bond acceptors (Lipinski definition) is 10. The highest BCUT2D eigenvalue weighted by atomic mass is 32.1. The molecule has 7 unspecified atom stereocenters.